The van der Waals surface area contributed by atoms with E-state index in [0.717, 1.165) is 12.8 Å². The Hall–Kier alpha value is -1.88. The molecule has 2 N–H and O–H groups in total. The lowest BCUT2D eigenvalue weighted by molar-refractivity contribution is -0.121. The number of hydrogen-bond acceptors (Lipinski definition) is 3. The maximum absolute atomic E-state index is 11.9. The minimum absolute atomic E-state index is 0.0746. The molecule has 1 saturated heterocycles. The molecular weight excluding hydrogens is 246 g/mol. The predicted molar refractivity (Wildman–Crippen MR) is 69.1 cm³/mol. The Morgan fingerprint density at radius 2 is 2.05 bits per heavy atom. The van der Waals surface area contributed by atoms with Crippen LogP contribution in [0.1, 0.15) is 28.8 Å². The van der Waals surface area contributed by atoms with E-state index in [1.165, 1.54) is 12.1 Å². The summed E-state index contributed by atoms with van der Waals surface area (Å²) in [5.41, 5.74) is 0.917. The number of benzene rings is 1. The Morgan fingerprint density at radius 1 is 1.32 bits per heavy atom. The average molecular weight is 263 g/mol. The second-order valence-electron chi connectivity index (χ2n) is 4.64. The van der Waals surface area contributed by atoms with Gasteiger partial charge in [-0.2, -0.15) is 0 Å². The molecule has 1 aromatic carbocycles. The van der Waals surface area contributed by atoms with E-state index in [-0.39, 0.29) is 23.9 Å². The minimum Gasteiger partial charge on any atom is -0.478 e. The van der Waals surface area contributed by atoms with Gasteiger partial charge in [0.15, 0.2) is 0 Å². The Morgan fingerprint density at radius 3 is 2.74 bits per heavy atom. The molecule has 0 saturated carbocycles. The molecule has 5 heteroatoms. The fraction of sp³-hybridized carbons (Fsp3) is 0.429. The molecule has 1 fully saturated rings. The SMILES string of the molecule is O=C(Cc1cccc(C(=O)O)c1)NC1CCOCC1. The van der Waals surface area contributed by atoms with Gasteiger partial charge in [0.05, 0.1) is 12.0 Å². The maximum Gasteiger partial charge on any atom is 0.335 e. The first-order valence-electron chi connectivity index (χ1n) is 6.34. The number of aromatic carboxylic acids is 1. The highest BCUT2D eigenvalue weighted by atomic mass is 16.5. The lowest BCUT2D eigenvalue weighted by atomic mass is 10.1. The van der Waals surface area contributed by atoms with Crippen molar-refractivity contribution in [3.63, 3.8) is 0 Å². The van der Waals surface area contributed by atoms with Crippen LogP contribution in [0.25, 0.3) is 0 Å². The summed E-state index contributed by atoms with van der Waals surface area (Å²) >= 11 is 0. The van der Waals surface area contributed by atoms with Crippen LogP contribution in [0.2, 0.25) is 0 Å². The number of carboxylic acids is 1. The molecule has 19 heavy (non-hydrogen) atoms. The van der Waals surface area contributed by atoms with Crippen molar-refractivity contribution in [2.45, 2.75) is 25.3 Å². The van der Waals surface area contributed by atoms with Gasteiger partial charge in [-0.05, 0) is 30.5 Å². The number of ether oxygens (including phenoxy) is 1. The summed E-state index contributed by atoms with van der Waals surface area (Å²) in [5.74, 6) is -1.05. The fourth-order valence-corrected chi connectivity index (χ4v) is 2.12. The number of carbonyl (C=O) groups excluding carboxylic acids is 1. The molecule has 1 aromatic rings. The Labute approximate surface area is 111 Å². The van der Waals surface area contributed by atoms with E-state index in [4.69, 9.17) is 9.84 Å². The highest BCUT2D eigenvalue weighted by molar-refractivity contribution is 5.88. The van der Waals surface area contributed by atoms with Crippen LogP contribution in [-0.2, 0) is 16.0 Å². The van der Waals surface area contributed by atoms with E-state index in [0.29, 0.717) is 18.8 Å². The lowest BCUT2D eigenvalue weighted by Crippen LogP contribution is -2.39. The summed E-state index contributed by atoms with van der Waals surface area (Å²) in [4.78, 5) is 22.7. The van der Waals surface area contributed by atoms with Crippen molar-refractivity contribution in [3.05, 3.63) is 35.4 Å². The normalized spacial score (nSPS) is 16.0. The van der Waals surface area contributed by atoms with Crippen molar-refractivity contribution in [1.29, 1.82) is 0 Å². The van der Waals surface area contributed by atoms with Gasteiger partial charge in [0, 0.05) is 19.3 Å². The van der Waals surface area contributed by atoms with Gasteiger partial charge in [-0.3, -0.25) is 4.79 Å². The van der Waals surface area contributed by atoms with Crippen LogP contribution in [0.3, 0.4) is 0 Å². The lowest BCUT2D eigenvalue weighted by Gasteiger charge is -2.23. The van der Waals surface area contributed by atoms with Gasteiger partial charge in [-0.25, -0.2) is 4.79 Å². The van der Waals surface area contributed by atoms with E-state index in [1.807, 2.05) is 0 Å². The number of nitrogens with one attached hydrogen (secondary N) is 1. The monoisotopic (exact) mass is 263 g/mol. The van der Waals surface area contributed by atoms with Crippen LogP contribution in [-0.4, -0.2) is 36.2 Å². The molecule has 5 nitrogen and oxygen atoms in total. The largest absolute Gasteiger partial charge is 0.478 e. The van der Waals surface area contributed by atoms with E-state index in [2.05, 4.69) is 5.32 Å². The van der Waals surface area contributed by atoms with E-state index in [9.17, 15) is 9.59 Å². The van der Waals surface area contributed by atoms with Gasteiger partial charge in [0.25, 0.3) is 0 Å². The number of rotatable bonds is 4. The topological polar surface area (TPSA) is 75.6 Å². The molecule has 1 amide bonds. The van der Waals surface area contributed by atoms with E-state index in [1.54, 1.807) is 12.1 Å². The first-order valence-corrected chi connectivity index (χ1v) is 6.34. The number of carbonyl (C=O) groups is 2. The van der Waals surface area contributed by atoms with Crippen LogP contribution in [0.15, 0.2) is 24.3 Å². The van der Waals surface area contributed by atoms with Crippen molar-refractivity contribution in [1.82, 2.24) is 5.32 Å². The summed E-state index contributed by atoms with van der Waals surface area (Å²) in [6.45, 7) is 1.36. The van der Waals surface area contributed by atoms with Gasteiger partial charge in [-0.1, -0.05) is 12.1 Å². The maximum atomic E-state index is 11.9. The van der Waals surface area contributed by atoms with Crippen molar-refractivity contribution in [2.75, 3.05) is 13.2 Å². The van der Waals surface area contributed by atoms with Crippen LogP contribution in [0.4, 0.5) is 0 Å². The standard InChI is InChI=1S/C14H17NO4/c16-13(15-12-4-6-19-7-5-12)9-10-2-1-3-11(8-10)14(17)18/h1-3,8,12H,4-7,9H2,(H,15,16)(H,17,18). The van der Waals surface area contributed by atoms with Crippen molar-refractivity contribution >= 4 is 11.9 Å². The molecular formula is C14H17NO4. The van der Waals surface area contributed by atoms with Gasteiger partial charge in [0.1, 0.15) is 0 Å². The summed E-state index contributed by atoms with van der Waals surface area (Å²) in [5, 5.41) is 11.8. The molecule has 0 atom stereocenters. The average Bonchev–Trinajstić information content (AvgIpc) is 2.40. The van der Waals surface area contributed by atoms with E-state index < -0.39 is 5.97 Å². The first kappa shape index (κ1) is 13.5. The number of amides is 1. The van der Waals surface area contributed by atoms with Gasteiger partial charge >= 0.3 is 5.97 Å². The number of carboxylic acid groups (broad SMARTS) is 1. The van der Waals surface area contributed by atoms with Crippen molar-refractivity contribution < 1.29 is 19.4 Å². The van der Waals surface area contributed by atoms with Crippen LogP contribution < -0.4 is 5.32 Å². The zero-order chi connectivity index (χ0) is 13.7. The third kappa shape index (κ3) is 4.06. The fourth-order valence-electron chi connectivity index (χ4n) is 2.12. The second kappa shape index (κ2) is 6.33. The van der Waals surface area contributed by atoms with E-state index >= 15 is 0 Å². The molecule has 0 radical (unpaired) electrons. The zero-order valence-corrected chi connectivity index (χ0v) is 10.6. The molecule has 0 aliphatic carbocycles. The van der Waals surface area contributed by atoms with Crippen LogP contribution >= 0.6 is 0 Å². The first-order chi connectivity index (χ1) is 9.15. The second-order valence-corrected chi connectivity index (χ2v) is 4.64. The minimum atomic E-state index is -0.980. The van der Waals surface area contributed by atoms with Gasteiger partial charge in [-0.15, -0.1) is 0 Å². The highest BCUT2D eigenvalue weighted by Crippen LogP contribution is 2.09. The third-order valence-corrected chi connectivity index (χ3v) is 3.13. The molecule has 1 aliphatic rings. The summed E-state index contributed by atoms with van der Waals surface area (Å²) in [6, 6.07) is 6.63. The smallest absolute Gasteiger partial charge is 0.335 e. The van der Waals surface area contributed by atoms with Crippen molar-refractivity contribution in [2.24, 2.45) is 0 Å². The summed E-state index contributed by atoms with van der Waals surface area (Å²) < 4.78 is 5.23. The highest BCUT2D eigenvalue weighted by Gasteiger charge is 2.16. The Bertz CT molecular complexity index is 466. The van der Waals surface area contributed by atoms with Gasteiger partial charge in [0.2, 0.25) is 5.91 Å². The summed E-state index contributed by atoms with van der Waals surface area (Å²) in [7, 11) is 0. The molecule has 0 aromatic heterocycles. The predicted octanol–water partition coefficient (Wildman–Crippen LogP) is 1.22. The van der Waals surface area contributed by atoms with Crippen molar-refractivity contribution in [3.8, 4) is 0 Å². The molecule has 2 rings (SSSR count). The molecule has 0 unspecified atom stereocenters. The molecule has 0 spiro atoms. The van der Waals surface area contributed by atoms with Gasteiger partial charge < -0.3 is 15.2 Å². The Balaban J connectivity index is 1.90. The Kier molecular flexibility index (Phi) is 4.52. The molecule has 0 bridgehead atoms. The quantitative estimate of drug-likeness (QED) is 0.856. The zero-order valence-electron chi connectivity index (χ0n) is 10.6. The third-order valence-electron chi connectivity index (χ3n) is 3.13. The molecule has 1 heterocycles. The van der Waals surface area contributed by atoms with Crippen LogP contribution in [0.5, 0.6) is 0 Å². The van der Waals surface area contributed by atoms with Crippen LogP contribution in [0, 0.1) is 0 Å². The number of hydrogen-bond donors (Lipinski definition) is 2. The molecule has 1 aliphatic heterocycles. The summed E-state index contributed by atoms with van der Waals surface area (Å²) in [6.07, 6.45) is 1.88. The molecule has 102 valence electrons.